The fraction of sp³-hybridized carbons (Fsp3) is 0.667. The average Bonchev–Trinajstić information content (AvgIpc) is 2.31. The molecule has 62 valence electrons. The summed E-state index contributed by atoms with van der Waals surface area (Å²) >= 11 is 0. The topological polar surface area (TPSA) is 70.7 Å². The standard InChI is InChI=1S/C6H12N4O/c1-8-5(7)4-3-10(2)6(11)9-4/h4H,3H2,1-2H3,(H2,7,8)(H,9,11). The predicted octanol–water partition coefficient (Wildman–Crippen LogP) is -1.00. The highest BCUT2D eigenvalue weighted by molar-refractivity contribution is 5.92. The predicted molar refractivity (Wildman–Crippen MR) is 42.5 cm³/mol. The van der Waals surface area contributed by atoms with E-state index in [-0.39, 0.29) is 12.1 Å². The summed E-state index contributed by atoms with van der Waals surface area (Å²) in [5, 5.41) is 2.69. The summed E-state index contributed by atoms with van der Waals surface area (Å²) in [5.74, 6) is 0.475. The number of amides is 2. The maximum atomic E-state index is 10.9. The molecule has 0 bridgehead atoms. The molecule has 2 amide bonds. The summed E-state index contributed by atoms with van der Waals surface area (Å²) in [5.41, 5.74) is 5.51. The fourth-order valence-electron chi connectivity index (χ4n) is 0.985. The molecule has 1 aliphatic heterocycles. The van der Waals surface area contributed by atoms with Crippen LogP contribution in [0.15, 0.2) is 4.99 Å². The van der Waals surface area contributed by atoms with E-state index in [9.17, 15) is 4.79 Å². The van der Waals surface area contributed by atoms with E-state index in [1.165, 1.54) is 0 Å². The molecular formula is C6H12N4O. The van der Waals surface area contributed by atoms with E-state index in [1.807, 2.05) is 0 Å². The van der Waals surface area contributed by atoms with Gasteiger partial charge in [0.05, 0.1) is 0 Å². The average molecular weight is 156 g/mol. The second-order valence-corrected chi connectivity index (χ2v) is 2.53. The van der Waals surface area contributed by atoms with Crippen molar-refractivity contribution in [2.75, 3.05) is 20.6 Å². The third kappa shape index (κ3) is 1.42. The van der Waals surface area contributed by atoms with Gasteiger partial charge < -0.3 is 16.0 Å². The maximum Gasteiger partial charge on any atom is 0.317 e. The molecule has 1 unspecified atom stereocenters. The van der Waals surface area contributed by atoms with Gasteiger partial charge in [0.2, 0.25) is 0 Å². The molecule has 0 aliphatic carbocycles. The Morgan fingerprint density at radius 2 is 2.55 bits per heavy atom. The number of hydrogen-bond acceptors (Lipinski definition) is 2. The molecule has 0 spiro atoms. The zero-order chi connectivity index (χ0) is 8.43. The number of hydrogen-bond donors (Lipinski definition) is 2. The Morgan fingerprint density at radius 1 is 1.91 bits per heavy atom. The summed E-state index contributed by atoms with van der Waals surface area (Å²) < 4.78 is 0. The van der Waals surface area contributed by atoms with Gasteiger partial charge in [0.15, 0.2) is 0 Å². The Hall–Kier alpha value is -1.26. The van der Waals surface area contributed by atoms with E-state index in [4.69, 9.17) is 5.73 Å². The molecule has 11 heavy (non-hydrogen) atoms. The molecule has 5 nitrogen and oxygen atoms in total. The molecule has 5 heteroatoms. The van der Waals surface area contributed by atoms with E-state index in [1.54, 1.807) is 19.0 Å². The van der Waals surface area contributed by atoms with Crippen molar-refractivity contribution in [3.63, 3.8) is 0 Å². The van der Waals surface area contributed by atoms with E-state index >= 15 is 0 Å². The van der Waals surface area contributed by atoms with Crippen LogP contribution in [0.5, 0.6) is 0 Å². The third-order valence-corrected chi connectivity index (χ3v) is 1.72. The lowest BCUT2D eigenvalue weighted by molar-refractivity contribution is 0.226. The Bertz CT molecular complexity index is 201. The highest BCUT2D eigenvalue weighted by Crippen LogP contribution is 1.99. The number of amidine groups is 1. The van der Waals surface area contributed by atoms with Crippen molar-refractivity contribution in [1.82, 2.24) is 10.2 Å². The number of likely N-dealkylation sites (N-methyl/N-ethyl adjacent to an activating group) is 1. The molecule has 1 heterocycles. The molecular weight excluding hydrogens is 144 g/mol. The number of nitrogens with zero attached hydrogens (tertiary/aromatic N) is 2. The van der Waals surface area contributed by atoms with E-state index < -0.39 is 0 Å². The zero-order valence-electron chi connectivity index (χ0n) is 6.66. The minimum Gasteiger partial charge on any atom is -0.386 e. The summed E-state index contributed by atoms with van der Waals surface area (Å²) in [7, 11) is 3.33. The molecule has 1 fully saturated rings. The highest BCUT2D eigenvalue weighted by Gasteiger charge is 2.27. The van der Waals surface area contributed by atoms with Crippen molar-refractivity contribution < 1.29 is 4.79 Å². The number of aliphatic imine (C=N–C) groups is 1. The van der Waals surface area contributed by atoms with Gasteiger partial charge in [0.1, 0.15) is 11.9 Å². The summed E-state index contributed by atoms with van der Waals surface area (Å²) in [4.78, 5) is 16.3. The zero-order valence-corrected chi connectivity index (χ0v) is 6.66. The highest BCUT2D eigenvalue weighted by atomic mass is 16.2. The first-order valence-electron chi connectivity index (χ1n) is 3.39. The van der Waals surface area contributed by atoms with Crippen LogP contribution in [0.2, 0.25) is 0 Å². The lowest BCUT2D eigenvalue weighted by Gasteiger charge is -2.06. The normalized spacial score (nSPS) is 25.6. The molecule has 1 atom stereocenters. The Balaban J connectivity index is 2.60. The van der Waals surface area contributed by atoms with Crippen molar-refractivity contribution in [3.05, 3.63) is 0 Å². The minimum absolute atomic E-state index is 0.0957. The maximum absolute atomic E-state index is 10.9. The first-order valence-corrected chi connectivity index (χ1v) is 3.39. The molecule has 1 rings (SSSR count). The van der Waals surface area contributed by atoms with Gasteiger partial charge in [-0.25, -0.2) is 4.79 Å². The molecule has 3 N–H and O–H groups in total. The molecule has 0 aromatic heterocycles. The second-order valence-electron chi connectivity index (χ2n) is 2.53. The first kappa shape index (κ1) is 7.84. The fourth-order valence-corrected chi connectivity index (χ4v) is 0.985. The van der Waals surface area contributed by atoms with Crippen LogP contribution in [0.1, 0.15) is 0 Å². The van der Waals surface area contributed by atoms with Gasteiger partial charge in [-0.05, 0) is 0 Å². The van der Waals surface area contributed by atoms with Gasteiger partial charge >= 0.3 is 6.03 Å². The van der Waals surface area contributed by atoms with Crippen molar-refractivity contribution in [2.24, 2.45) is 10.7 Å². The third-order valence-electron chi connectivity index (χ3n) is 1.72. The van der Waals surface area contributed by atoms with Crippen LogP contribution in [0.25, 0.3) is 0 Å². The van der Waals surface area contributed by atoms with Crippen molar-refractivity contribution >= 4 is 11.9 Å². The molecule has 1 aliphatic rings. The number of rotatable bonds is 1. The van der Waals surface area contributed by atoms with Crippen molar-refractivity contribution in [1.29, 1.82) is 0 Å². The second kappa shape index (κ2) is 2.77. The minimum atomic E-state index is -0.113. The SMILES string of the molecule is CN=C(N)C1CN(C)C(=O)N1. The van der Waals surface area contributed by atoms with Gasteiger partial charge in [-0.3, -0.25) is 4.99 Å². The van der Waals surface area contributed by atoms with E-state index in [0.717, 1.165) is 0 Å². The summed E-state index contributed by atoms with van der Waals surface area (Å²) in [6.45, 7) is 0.599. The quantitative estimate of drug-likeness (QED) is 0.377. The van der Waals surface area contributed by atoms with Crippen LogP contribution in [0.3, 0.4) is 0 Å². The smallest absolute Gasteiger partial charge is 0.317 e. The van der Waals surface area contributed by atoms with Crippen LogP contribution in [0.4, 0.5) is 4.79 Å². The van der Waals surface area contributed by atoms with Gasteiger partial charge in [0.25, 0.3) is 0 Å². The Labute approximate surface area is 65.3 Å². The molecule has 0 saturated carbocycles. The van der Waals surface area contributed by atoms with Crippen molar-refractivity contribution in [2.45, 2.75) is 6.04 Å². The summed E-state index contributed by atoms with van der Waals surface area (Å²) in [6.07, 6.45) is 0. The number of carbonyl (C=O) groups is 1. The molecule has 0 radical (unpaired) electrons. The van der Waals surface area contributed by atoms with Crippen LogP contribution >= 0.6 is 0 Å². The Morgan fingerprint density at radius 3 is 2.91 bits per heavy atom. The molecule has 0 aromatic carbocycles. The molecule has 0 aromatic rings. The van der Waals surface area contributed by atoms with Crippen LogP contribution in [-0.2, 0) is 0 Å². The number of urea groups is 1. The van der Waals surface area contributed by atoms with Crippen LogP contribution in [-0.4, -0.2) is 43.4 Å². The first-order chi connectivity index (χ1) is 5.15. The monoisotopic (exact) mass is 156 g/mol. The van der Waals surface area contributed by atoms with Gasteiger partial charge in [0, 0.05) is 20.6 Å². The lowest BCUT2D eigenvalue weighted by Crippen LogP contribution is -2.39. The van der Waals surface area contributed by atoms with E-state index in [2.05, 4.69) is 10.3 Å². The van der Waals surface area contributed by atoms with Crippen molar-refractivity contribution in [3.8, 4) is 0 Å². The largest absolute Gasteiger partial charge is 0.386 e. The molecule has 1 saturated heterocycles. The van der Waals surface area contributed by atoms with Crippen LogP contribution < -0.4 is 11.1 Å². The van der Waals surface area contributed by atoms with Gasteiger partial charge in [-0.2, -0.15) is 0 Å². The van der Waals surface area contributed by atoms with Gasteiger partial charge in [-0.1, -0.05) is 0 Å². The number of nitrogens with one attached hydrogen (secondary N) is 1. The van der Waals surface area contributed by atoms with E-state index in [0.29, 0.717) is 12.4 Å². The van der Waals surface area contributed by atoms with Gasteiger partial charge in [-0.15, -0.1) is 0 Å². The lowest BCUT2D eigenvalue weighted by atomic mass is 10.3. The Kier molecular flexibility index (Phi) is 1.98. The number of nitrogens with two attached hydrogens (primary N) is 1. The summed E-state index contributed by atoms with van der Waals surface area (Å²) in [6, 6.07) is -0.209. The number of carbonyl (C=O) groups excluding carboxylic acids is 1. The van der Waals surface area contributed by atoms with Crippen LogP contribution in [0, 0.1) is 0 Å².